The van der Waals surface area contributed by atoms with E-state index >= 15 is 4.79 Å². The van der Waals surface area contributed by atoms with E-state index in [0.29, 0.717) is 38.4 Å². The van der Waals surface area contributed by atoms with Gasteiger partial charge in [-0.1, -0.05) is 81.1 Å². The van der Waals surface area contributed by atoms with Crippen LogP contribution in [0, 0.1) is 50.7 Å². The molecule has 3 spiro atoms. The highest BCUT2D eigenvalue weighted by molar-refractivity contribution is 6.36. The van der Waals surface area contributed by atoms with E-state index in [9.17, 15) is 24.0 Å². The summed E-state index contributed by atoms with van der Waals surface area (Å²) in [6.07, 6.45) is 9.47. The van der Waals surface area contributed by atoms with E-state index in [-0.39, 0.29) is 64.4 Å². The second-order valence-corrected chi connectivity index (χ2v) is 21.1. The summed E-state index contributed by atoms with van der Waals surface area (Å²) in [5.74, 6) is -3.81. The SMILES string of the molecule is CN1CCN(C(=O)[C@@H](CC(=O)C[C@H](C(=O)N2C[C@]3(C[C@H]2C(=O)CC(CC2CCC2)C(=O)C(N)=O)C(C)(C)C32CCC2)C(C)(C)C)C(C)(C)C)CC12CC2. The summed E-state index contributed by atoms with van der Waals surface area (Å²) in [5, 5.41) is 0. The Bertz CT molecular complexity index is 1530. The zero-order valence-corrected chi connectivity index (χ0v) is 34.3. The van der Waals surface area contributed by atoms with Crippen LogP contribution in [0.1, 0.15) is 139 Å². The van der Waals surface area contributed by atoms with E-state index in [1.165, 1.54) is 0 Å². The second kappa shape index (κ2) is 13.5. The van der Waals surface area contributed by atoms with Gasteiger partial charge in [-0.3, -0.25) is 33.7 Å². The Morgan fingerprint density at radius 2 is 1.34 bits per heavy atom. The molecular formula is C43H68N4O6. The van der Waals surface area contributed by atoms with Crippen molar-refractivity contribution in [2.45, 2.75) is 150 Å². The van der Waals surface area contributed by atoms with Gasteiger partial charge in [0.05, 0.1) is 6.04 Å². The second-order valence-electron chi connectivity index (χ2n) is 21.1. The number of piperazine rings is 1. The van der Waals surface area contributed by atoms with Crippen molar-refractivity contribution < 1.29 is 28.8 Å². The molecule has 10 heteroatoms. The van der Waals surface area contributed by atoms with E-state index in [2.05, 4.69) is 25.8 Å². The van der Waals surface area contributed by atoms with Crippen LogP contribution in [0.2, 0.25) is 0 Å². The van der Waals surface area contributed by atoms with Crippen molar-refractivity contribution >= 4 is 35.1 Å². The molecule has 53 heavy (non-hydrogen) atoms. The average Bonchev–Trinajstić information content (AvgIpc) is 3.80. The number of likely N-dealkylation sites (N-methyl/N-ethyl adjacent to an activating group) is 1. The largest absolute Gasteiger partial charge is 0.363 e. The molecule has 4 saturated carbocycles. The summed E-state index contributed by atoms with van der Waals surface area (Å²) >= 11 is 0. The number of primary amides is 1. The number of fused-ring (bicyclic) bond motifs is 1. The number of Topliss-reactive ketones (excluding diaryl/α,β-unsaturated/α-hetero) is 3. The highest BCUT2D eigenvalue weighted by atomic mass is 16.2. The highest BCUT2D eigenvalue weighted by Crippen LogP contribution is 2.88. The predicted molar refractivity (Wildman–Crippen MR) is 203 cm³/mol. The zero-order valence-electron chi connectivity index (χ0n) is 34.3. The number of nitrogens with zero attached hydrogens (tertiary/aromatic N) is 3. The molecule has 5 atom stereocenters. The molecule has 0 radical (unpaired) electrons. The van der Waals surface area contributed by atoms with Crippen molar-refractivity contribution in [3.63, 3.8) is 0 Å². The molecule has 4 aliphatic carbocycles. The van der Waals surface area contributed by atoms with Crippen LogP contribution < -0.4 is 5.73 Å². The fraction of sp³-hybridized carbons (Fsp3) is 0.860. The fourth-order valence-corrected chi connectivity index (χ4v) is 11.5. The van der Waals surface area contributed by atoms with Crippen LogP contribution in [0.15, 0.2) is 0 Å². The van der Waals surface area contributed by atoms with E-state index in [0.717, 1.165) is 57.9 Å². The minimum absolute atomic E-state index is 0.00171. The number of hydrogen-bond acceptors (Lipinski definition) is 7. The number of hydrogen-bond donors (Lipinski definition) is 1. The number of ketones is 3. The summed E-state index contributed by atoms with van der Waals surface area (Å²) in [7, 11) is 2.13. The summed E-state index contributed by atoms with van der Waals surface area (Å²) in [6, 6.07) is -0.720. The Labute approximate surface area is 318 Å². The monoisotopic (exact) mass is 737 g/mol. The molecule has 0 aromatic carbocycles. The van der Waals surface area contributed by atoms with E-state index in [4.69, 9.17) is 5.73 Å². The van der Waals surface area contributed by atoms with Crippen LogP contribution in [-0.2, 0) is 28.8 Å². The van der Waals surface area contributed by atoms with E-state index in [1.807, 2.05) is 46.4 Å². The normalized spacial score (nSPS) is 29.0. The van der Waals surface area contributed by atoms with Gasteiger partial charge in [0.25, 0.3) is 5.91 Å². The third-order valence-corrected chi connectivity index (χ3v) is 16.1. The van der Waals surface area contributed by atoms with Gasteiger partial charge in [0.2, 0.25) is 17.6 Å². The molecule has 2 saturated heterocycles. The standard InChI is InChI=1S/C43H68N4O6/c1-38(2,3)30(36(52)46-19-18-45(9)41(25-46)16-17-41)22-29(48)23-31(39(4,5)6)37(53)47-26-43(40(7,8)42(43)14-11-15-42)24-32(47)33(49)21-28(34(50)35(44)51)20-27-12-10-13-27/h27-28,30-32H,10-26H2,1-9H3,(H2,44,51)/t28?,30-,31-,32+,43-/m1/s1. The molecule has 6 fully saturated rings. The third kappa shape index (κ3) is 6.83. The highest BCUT2D eigenvalue weighted by Gasteiger charge is 2.85. The molecule has 0 aromatic heterocycles. The lowest BCUT2D eigenvalue weighted by molar-refractivity contribution is -0.148. The van der Waals surface area contributed by atoms with Gasteiger partial charge in [-0.15, -0.1) is 0 Å². The molecule has 2 heterocycles. The first-order valence-corrected chi connectivity index (χ1v) is 20.7. The summed E-state index contributed by atoms with van der Waals surface area (Å²) in [5.41, 5.74) is 4.35. The van der Waals surface area contributed by atoms with Gasteiger partial charge < -0.3 is 15.5 Å². The Balaban J connectivity index is 1.23. The van der Waals surface area contributed by atoms with E-state index in [1.54, 1.807) is 4.90 Å². The molecule has 10 nitrogen and oxygen atoms in total. The van der Waals surface area contributed by atoms with Crippen molar-refractivity contribution in [3.8, 4) is 0 Å². The molecule has 296 valence electrons. The fourth-order valence-electron chi connectivity index (χ4n) is 11.5. The van der Waals surface area contributed by atoms with Gasteiger partial charge in [-0.2, -0.15) is 0 Å². The lowest BCUT2D eigenvalue weighted by Gasteiger charge is -2.43. The summed E-state index contributed by atoms with van der Waals surface area (Å²) < 4.78 is 0. The summed E-state index contributed by atoms with van der Waals surface area (Å²) in [6.45, 7) is 19.2. The van der Waals surface area contributed by atoms with Crippen molar-refractivity contribution in [2.75, 3.05) is 33.2 Å². The number of rotatable bonds is 13. The van der Waals surface area contributed by atoms with Gasteiger partial charge in [-0.05, 0) is 73.2 Å². The van der Waals surface area contributed by atoms with Crippen LogP contribution >= 0.6 is 0 Å². The maximum absolute atomic E-state index is 15.0. The molecule has 6 aliphatic rings. The smallest absolute Gasteiger partial charge is 0.285 e. The lowest BCUT2D eigenvalue weighted by Crippen LogP contribution is -2.57. The predicted octanol–water partition coefficient (Wildman–Crippen LogP) is 5.58. The summed E-state index contributed by atoms with van der Waals surface area (Å²) in [4.78, 5) is 89.1. The van der Waals surface area contributed by atoms with Crippen LogP contribution in [0.5, 0.6) is 0 Å². The Hall–Kier alpha value is -2.62. The maximum Gasteiger partial charge on any atom is 0.285 e. The maximum atomic E-state index is 15.0. The molecule has 0 aromatic rings. The first kappa shape index (κ1) is 40.1. The van der Waals surface area contributed by atoms with Gasteiger partial charge in [0, 0.05) is 74.1 Å². The first-order valence-electron chi connectivity index (χ1n) is 20.7. The quantitative estimate of drug-likeness (QED) is 0.244. The topological polar surface area (TPSA) is 138 Å². The van der Waals surface area contributed by atoms with Gasteiger partial charge in [0.15, 0.2) is 5.78 Å². The average molecular weight is 737 g/mol. The first-order chi connectivity index (χ1) is 24.5. The van der Waals surface area contributed by atoms with Gasteiger partial charge >= 0.3 is 0 Å². The minimum Gasteiger partial charge on any atom is -0.363 e. The number of nitrogens with two attached hydrogens (primary N) is 1. The molecule has 3 amide bonds. The zero-order chi connectivity index (χ0) is 39.1. The van der Waals surface area contributed by atoms with Gasteiger partial charge in [-0.25, -0.2) is 0 Å². The van der Waals surface area contributed by atoms with Crippen molar-refractivity contribution in [1.82, 2.24) is 14.7 Å². The molecule has 0 bridgehead atoms. The molecule has 2 N–H and O–H groups in total. The van der Waals surface area contributed by atoms with Crippen molar-refractivity contribution in [3.05, 3.63) is 0 Å². The molecular weight excluding hydrogens is 668 g/mol. The molecule has 1 unspecified atom stereocenters. The van der Waals surface area contributed by atoms with E-state index < -0.39 is 46.3 Å². The van der Waals surface area contributed by atoms with Crippen molar-refractivity contribution in [2.24, 2.45) is 56.5 Å². The third-order valence-electron chi connectivity index (χ3n) is 16.1. The van der Waals surface area contributed by atoms with Crippen molar-refractivity contribution in [1.29, 1.82) is 0 Å². The van der Waals surface area contributed by atoms with Crippen LogP contribution in [0.3, 0.4) is 0 Å². The van der Waals surface area contributed by atoms with Crippen LogP contribution in [0.25, 0.3) is 0 Å². The Morgan fingerprint density at radius 1 is 0.755 bits per heavy atom. The number of carbonyl (C=O) groups excluding carboxylic acids is 6. The van der Waals surface area contributed by atoms with Crippen LogP contribution in [0.4, 0.5) is 0 Å². The molecule has 6 rings (SSSR count). The number of amides is 3. The number of likely N-dealkylation sites (tertiary alicyclic amines) is 1. The Kier molecular flexibility index (Phi) is 10.2. The van der Waals surface area contributed by atoms with Gasteiger partial charge in [0.1, 0.15) is 5.78 Å². The lowest BCUT2D eigenvalue weighted by atomic mass is 9.73. The Morgan fingerprint density at radius 3 is 1.79 bits per heavy atom. The van der Waals surface area contributed by atoms with Crippen LogP contribution in [-0.4, -0.2) is 94.6 Å². The minimum atomic E-state index is -1.01. The molecule has 2 aliphatic heterocycles. The number of carbonyl (C=O) groups is 6.